The fourth-order valence-electron chi connectivity index (χ4n) is 2.62. The van der Waals surface area contributed by atoms with Crippen molar-refractivity contribution in [3.8, 4) is 0 Å². The maximum absolute atomic E-state index is 12.7. The molecule has 0 saturated heterocycles. The van der Waals surface area contributed by atoms with Crippen molar-refractivity contribution in [1.29, 1.82) is 0 Å². The molecule has 0 spiro atoms. The predicted octanol–water partition coefficient (Wildman–Crippen LogP) is 3.81. The van der Waals surface area contributed by atoms with Crippen LogP contribution in [-0.2, 0) is 17.8 Å². The van der Waals surface area contributed by atoms with Crippen molar-refractivity contribution in [2.45, 2.75) is 32.9 Å². The minimum Gasteiger partial charge on any atom is -0.443 e. The molecule has 0 aliphatic rings. The maximum Gasteiger partial charge on any atom is 0.227 e. The molecule has 0 N–H and O–H groups in total. The van der Waals surface area contributed by atoms with Crippen LogP contribution in [0.2, 0.25) is 0 Å². The van der Waals surface area contributed by atoms with Crippen LogP contribution in [0.3, 0.4) is 0 Å². The molecular formula is C19H20N2O2. The summed E-state index contributed by atoms with van der Waals surface area (Å²) < 4.78 is 5.31. The highest BCUT2D eigenvalue weighted by atomic mass is 16.3. The van der Waals surface area contributed by atoms with E-state index in [1.165, 1.54) is 6.39 Å². The Hall–Kier alpha value is -2.62. The summed E-state index contributed by atoms with van der Waals surface area (Å²) in [6.07, 6.45) is 1.79. The summed E-state index contributed by atoms with van der Waals surface area (Å²) in [5.74, 6) is 0.114. The van der Waals surface area contributed by atoms with Crippen LogP contribution in [0.4, 0.5) is 0 Å². The second-order valence-electron chi connectivity index (χ2n) is 5.93. The molecule has 3 aromatic rings. The number of benzene rings is 2. The lowest BCUT2D eigenvalue weighted by Gasteiger charge is -2.27. The molecular weight excluding hydrogens is 288 g/mol. The number of oxazole rings is 1. The Bertz CT molecular complexity index is 793. The van der Waals surface area contributed by atoms with Gasteiger partial charge in [-0.1, -0.05) is 36.4 Å². The first-order valence-electron chi connectivity index (χ1n) is 7.79. The summed E-state index contributed by atoms with van der Waals surface area (Å²) in [6, 6.07) is 15.9. The Labute approximate surface area is 135 Å². The first-order chi connectivity index (χ1) is 11.1. The highest BCUT2D eigenvalue weighted by molar-refractivity contribution is 5.81. The topological polar surface area (TPSA) is 46.3 Å². The Balaban J connectivity index is 1.75. The zero-order chi connectivity index (χ0) is 16.2. The highest BCUT2D eigenvalue weighted by Crippen LogP contribution is 2.16. The van der Waals surface area contributed by atoms with Crippen LogP contribution in [0.5, 0.6) is 0 Å². The minimum atomic E-state index is 0.114. The Kier molecular flexibility index (Phi) is 4.42. The van der Waals surface area contributed by atoms with Gasteiger partial charge in [-0.25, -0.2) is 4.98 Å². The third-order valence-electron chi connectivity index (χ3n) is 3.89. The summed E-state index contributed by atoms with van der Waals surface area (Å²) >= 11 is 0. The van der Waals surface area contributed by atoms with Gasteiger partial charge in [0, 0.05) is 12.6 Å². The summed E-state index contributed by atoms with van der Waals surface area (Å²) in [5.41, 5.74) is 3.61. The molecule has 0 aliphatic carbocycles. The van der Waals surface area contributed by atoms with Gasteiger partial charge in [0.1, 0.15) is 5.52 Å². The van der Waals surface area contributed by atoms with Gasteiger partial charge in [-0.05, 0) is 37.1 Å². The molecule has 0 fully saturated rings. The van der Waals surface area contributed by atoms with E-state index in [4.69, 9.17) is 4.42 Å². The van der Waals surface area contributed by atoms with E-state index in [-0.39, 0.29) is 11.9 Å². The number of rotatable bonds is 5. The van der Waals surface area contributed by atoms with Crippen molar-refractivity contribution < 1.29 is 9.21 Å². The average molecular weight is 308 g/mol. The van der Waals surface area contributed by atoms with Crippen LogP contribution < -0.4 is 0 Å². The van der Waals surface area contributed by atoms with Crippen molar-refractivity contribution >= 4 is 17.0 Å². The van der Waals surface area contributed by atoms with Gasteiger partial charge in [0.05, 0.1) is 6.42 Å². The molecule has 0 unspecified atom stereocenters. The van der Waals surface area contributed by atoms with Crippen molar-refractivity contribution in [1.82, 2.24) is 9.88 Å². The zero-order valence-corrected chi connectivity index (χ0v) is 13.4. The number of hydrogen-bond acceptors (Lipinski definition) is 3. The molecule has 0 bridgehead atoms. The largest absolute Gasteiger partial charge is 0.443 e. The lowest BCUT2D eigenvalue weighted by atomic mass is 10.1. The van der Waals surface area contributed by atoms with Gasteiger partial charge in [0.2, 0.25) is 5.91 Å². The molecule has 4 heteroatoms. The molecule has 1 heterocycles. The van der Waals surface area contributed by atoms with E-state index >= 15 is 0 Å². The van der Waals surface area contributed by atoms with E-state index in [1.54, 1.807) is 0 Å². The number of amides is 1. The van der Waals surface area contributed by atoms with Crippen molar-refractivity contribution in [2.24, 2.45) is 0 Å². The van der Waals surface area contributed by atoms with Crippen LogP contribution in [0.1, 0.15) is 25.0 Å². The summed E-state index contributed by atoms with van der Waals surface area (Å²) in [4.78, 5) is 18.7. The van der Waals surface area contributed by atoms with E-state index in [0.29, 0.717) is 13.0 Å². The fraction of sp³-hybridized carbons (Fsp3) is 0.263. The molecule has 1 amide bonds. The molecule has 4 nitrogen and oxygen atoms in total. The molecule has 0 atom stereocenters. The monoisotopic (exact) mass is 308 g/mol. The number of aromatic nitrogens is 1. The van der Waals surface area contributed by atoms with E-state index < -0.39 is 0 Å². The van der Waals surface area contributed by atoms with Crippen LogP contribution >= 0.6 is 0 Å². The first kappa shape index (κ1) is 15.3. The summed E-state index contributed by atoms with van der Waals surface area (Å²) in [6.45, 7) is 4.71. The average Bonchev–Trinajstić information content (AvgIpc) is 3.01. The van der Waals surface area contributed by atoms with E-state index in [1.807, 2.05) is 67.3 Å². The van der Waals surface area contributed by atoms with Gasteiger partial charge in [0.15, 0.2) is 12.0 Å². The smallest absolute Gasteiger partial charge is 0.227 e. The van der Waals surface area contributed by atoms with Crippen molar-refractivity contribution in [3.63, 3.8) is 0 Å². The normalized spacial score (nSPS) is 11.1. The van der Waals surface area contributed by atoms with Gasteiger partial charge >= 0.3 is 0 Å². The fourth-order valence-corrected chi connectivity index (χ4v) is 2.62. The van der Waals surface area contributed by atoms with Crippen molar-refractivity contribution in [2.75, 3.05) is 0 Å². The Morgan fingerprint density at radius 1 is 1.13 bits per heavy atom. The Morgan fingerprint density at radius 2 is 1.91 bits per heavy atom. The van der Waals surface area contributed by atoms with Crippen LogP contribution in [0.25, 0.3) is 11.1 Å². The third-order valence-corrected chi connectivity index (χ3v) is 3.89. The van der Waals surface area contributed by atoms with Crippen LogP contribution in [-0.4, -0.2) is 21.8 Å². The van der Waals surface area contributed by atoms with Gasteiger partial charge in [-0.2, -0.15) is 0 Å². The summed E-state index contributed by atoms with van der Waals surface area (Å²) in [5, 5.41) is 0. The predicted molar refractivity (Wildman–Crippen MR) is 89.8 cm³/mol. The van der Waals surface area contributed by atoms with Crippen molar-refractivity contribution in [3.05, 3.63) is 66.1 Å². The molecule has 2 aromatic carbocycles. The molecule has 1 aromatic heterocycles. The summed E-state index contributed by atoms with van der Waals surface area (Å²) in [7, 11) is 0. The molecule has 118 valence electrons. The lowest BCUT2D eigenvalue weighted by Crippen LogP contribution is -2.37. The zero-order valence-electron chi connectivity index (χ0n) is 13.4. The second-order valence-corrected chi connectivity index (χ2v) is 5.93. The quantitative estimate of drug-likeness (QED) is 0.720. The van der Waals surface area contributed by atoms with E-state index in [9.17, 15) is 4.79 Å². The van der Waals surface area contributed by atoms with E-state index in [0.717, 1.165) is 22.2 Å². The van der Waals surface area contributed by atoms with Gasteiger partial charge in [-0.3, -0.25) is 4.79 Å². The lowest BCUT2D eigenvalue weighted by molar-refractivity contribution is -0.132. The number of carbonyl (C=O) groups excluding carboxylic acids is 1. The maximum atomic E-state index is 12.7. The van der Waals surface area contributed by atoms with Crippen LogP contribution in [0.15, 0.2) is 59.3 Å². The SMILES string of the molecule is CC(C)N(Cc1ccccc1)C(=O)Cc1ccc2ncoc2c1. The highest BCUT2D eigenvalue weighted by Gasteiger charge is 2.18. The van der Waals surface area contributed by atoms with Gasteiger partial charge in [-0.15, -0.1) is 0 Å². The standard InChI is InChI=1S/C19H20N2O2/c1-14(2)21(12-15-6-4-3-5-7-15)19(22)11-16-8-9-17-18(10-16)23-13-20-17/h3-10,13-14H,11-12H2,1-2H3. The Morgan fingerprint density at radius 3 is 2.65 bits per heavy atom. The number of hydrogen-bond donors (Lipinski definition) is 0. The molecule has 0 saturated carbocycles. The number of carbonyl (C=O) groups is 1. The van der Waals surface area contributed by atoms with Crippen LogP contribution in [0, 0.1) is 0 Å². The van der Waals surface area contributed by atoms with Gasteiger partial charge < -0.3 is 9.32 Å². The number of fused-ring (bicyclic) bond motifs is 1. The van der Waals surface area contributed by atoms with E-state index in [2.05, 4.69) is 4.98 Å². The molecule has 23 heavy (non-hydrogen) atoms. The van der Waals surface area contributed by atoms with Gasteiger partial charge in [0.25, 0.3) is 0 Å². The minimum absolute atomic E-state index is 0.114. The first-order valence-corrected chi connectivity index (χ1v) is 7.79. The third kappa shape index (κ3) is 3.59. The second kappa shape index (κ2) is 6.65. The molecule has 3 rings (SSSR count). The molecule has 0 radical (unpaired) electrons. The molecule has 0 aliphatic heterocycles. The number of nitrogens with zero attached hydrogens (tertiary/aromatic N) is 2.